The van der Waals surface area contributed by atoms with Crippen LogP contribution in [0.15, 0.2) is 42.5 Å². The molecule has 34 heavy (non-hydrogen) atoms. The summed E-state index contributed by atoms with van der Waals surface area (Å²) in [5.41, 5.74) is 5.61. The summed E-state index contributed by atoms with van der Waals surface area (Å²) in [6.07, 6.45) is 5.91. The van der Waals surface area contributed by atoms with Crippen LogP contribution in [0.5, 0.6) is 0 Å². The van der Waals surface area contributed by atoms with Crippen LogP contribution in [0.2, 0.25) is 0 Å². The Morgan fingerprint density at radius 2 is 1.79 bits per heavy atom. The van der Waals surface area contributed by atoms with E-state index in [4.69, 9.17) is 0 Å². The molecule has 0 radical (unpaired) electrons. The molecule has 0 aromatic heterocycles. The molecule has 2 aliphatic rings. The van der Waals surface area contributed by atoms with E-state index in [1.807, 2.05) is 18.2 Å². The summed E-state index contributed by atoms with van der Waals surface area (Å²) >= 11 is 0. The number of carbonyl (C=O) groups is 1. The van der Waals surface area contributed by atoms with Crippen LogP contribution in [0, 0.1) is 24.7 Å². The normalized spacial score (nSPS) is 23.6. The third kappa shape index (κ3) is 5.72. The maximum atomic E-state index is 13.2. The summed E-state index contributed by atoms with van der Waals surface area (Å²) < 4.78 is 0. The second-order valence-electron chi connectivity index (χ2n) is 11.1. The molecular formula is C30H42N2O2. The quantitative estimate of drug-likeness (QED) is 0.492. The summed E-state index contributed by atoms with van der Waals surface area (Å²) in [7, 11) is 0. The number of aliphatic hydroxyl groups is 1. The third-order valence-electron chi connectivity index (χ3n) is 7.95. The van der Waals surface area contributed by atoms with Gasteiger partial charge in [-0.1, -0.05) is 69.5 Å². The van der Waals surface area contributed by atoms with Crippen LogP contribution in [0.3, 0.4) is 0 Å². The van der Waals surface area contributed by atoms with Gasteiger partial charge in [-0.25, -0.2) is 0 Å². The van der Waals surface area contributed by atoms with Crippen LogP contribution >= 0.6 is 0 Å². The highest BCUT2D eigenvalue weighted by Crippen LogP contribution is 2.41. The second-order valence-corrected chi connectivity index (χ2v) is 11.1. The molecule has 0 unspecified atom stereocenters. The minimum Gasteiger partial charge on any atom is -0.396 e. The molecule has 0 bridgehead atoms. The van der Waals surface area contributed by atoms with E-state index in [1.54, 1.807) is 0 Å². The summed E-state index contributed by atoms with van der Waals surface area (Å²) in [5.74, 6) is 2.15. The molecule has 1 amide bonds. The molecule has 0 spiro atoms. The van der Waals surface area contributed by atoms with Crippen LogP contribution in [-0.4, -0.2) is 29.1 Å². The number of hydrogen-bond acceptors (Lipinski definition) is 3. The lowest BCUT2D eigenvalue weighted by atomic mass is 9.82. The number of nitrogens with one attached hydrogen (secondary N) is 1. The minimum atomic E-state index is -0.194. The van der Waals surface area contributed by atoms with Crippen LogP contribution in [0.25, 0.3) is 0 Å². The molecule has 2 aromatic rings. The fourth-order valence-corrected chi connectivity index (χ4v) is 5.98. The second kappa shape index (κ2) is 11.0. The molecule has 1 fully saturated rings. The third-order valence-corrected chi connectivity index (χ3v) is 7.95. The standard InChI is InChI=1S/C30H42N2O2/c1-20(2)29-27-14-13-25(17-26(27)19-32(29)18-23-9-5-21(3)6-10-23)30(34)31-28(15-16-33)24-11-7-22(4)8-12-24/h7-8,11-14,17,20-21,23,28-29,33H,5-6,9-10,15-16,18-19H2,1-4H3,(H,31,34)/t21?,23?,28-,29+/m0/s1. The molecule has 1 aliphatic carbocycles. The first kappa shape index (κ1) is 24.9. The van der Waals surface area contributed by atoms with E-state index < -0.39 is 0 Å². The van der Waals surface area contributed by atoms with Crippen molar-refractivity contribution in [3.8, 4) is 0 Å². The lowest BCUT2D eigenvalue weighted by Gasteiger charge is -2.34. The van der Waals surface area contributed by atoms with E-state index in [9.17, 15) is 9.90 Å². The van der Waals surface area contributed by atoms with E-state index in [1.165, 1.54) is 42.4 Å². The molecule has 2 aromatic carbocycles. The summed E-state index contributed by atoms with van der Waals surface area (Å²) in [5, 5.41) is 12.7. The molecule has 1 saturated carbocycles. The van der Waals surface area contributed by atoms with E-state index in [0.29, 0.717) is 23.9 Å². The average molecular weight is 463 g/mol. The van der Waals surface area contributed by atoms with Gasteiger partial charge in [0, 0.05) is 31.3 Å². The van der Waals surface area contributed by atoms with Gasteiger partial charge in [0.25, 0.3) is 5.91 Å². The Morgan fingerprint density at radius 3 is 2.44 bits per heavy atom. The maximum absolute atomic E-state index is 13.2. The molecule has 0 saturated heterocycles. The number of rotatable bonds is 8. The summed E-state index contributed by atoms with van der Waals surface area (Å²) in [4.78, 5) is 15.9. The Balaban J connectivity index is 1.48. The van der Waals surface area contributed by atoms with Crippen molar-refractivity contribution in [2.24, 2.45) is 17.8 Å². The number of fused-ring (bicyclic) bond motifs is 1. The predicted octanol–water partition coefficient (Wildman–Crippen LogP) is 6.19. The first-order valence-corrected chi connectivity index (χ1v) is 13.2. The highest BCUT2D eigenvalue weighted by Gasteiger charge is 2.34. The van der Waals surface area contributed by atoms with Crippen molar-refractivity contribution in [1.29, 1.82) is 0 Å². The highest BCUT2D eigenvalue weighted by molar-refractivity contribution is 5.94. The first-order chi connectivity index (χ1) is 16.4. The van der Waals surface area contributed by atoms with Crippen molar-refractivity contribution in [2.45, 2.75) is 78.4 Å². The van der Waals surface area contributed by atoms with E-state index in [2.05, 4.69) is 62.2 Å². The highest BCUT2D eigenvalue weighted by atomic mass is 16.3. The van der Waals surface area contributed by atoms with Crippen molar-refractivity contribution in [2.75, 3.05) is 13.2 Å². The molecule has 4 nitrogen and oxygen atoms in total. The lowest BCUT2D eigenvalue weighted by Crippen LogP contribution is -2.32. The number of carbonyl (C=O) groups excluding carboxylic acids is 1. The van der Waals surface area contributed by atoms with Gasteiger partial charge in [0.05, 0.1) is 6.04 Å². The number of nitrogens with zero attached hydrogens (tertiary/aromatic N) is 1. The average Bonchev–Trinajstić information content (AvgIpc) is 3.18. The number of aryl methyl sites for hydroxylation is 1. The van der Waals surface area contributed by atoms with Crippen LogP contribution in [0.4, 0.5) is 0 Å². The van der Waals surface area contributed by atoms with E-state index >= 15 is 0 Å². The number of benzene rings is 2. The monoisotopic (exact) mass is 462 g/mol. The molecule has 184 valence electrons. The SMILES string of the molecule is Cc1ccc([C@H](CCO)NC(=O)c2ccc3c(c2)CN(CC2CCC(C)CC2)[C@@H]3C(C)C)cc1. The number of aliphatic hydroxyl groups excluding tert-OH is 1. The van der Waals surface area contributed by atoms with Gasteiger partial charge in [0.2, 0.25) is 0 Å². The van der Waals surface area contributed by atoms with Gasteiger partial charge < -0.3 is 10.4 Å². The Kier molecular flexibility index (Phi) is 8.10. The predicted molar refractivity (Wildman–Crippen MR) is 139 cm³/mol. The van der Waals surface area contributed by atoms with Gasteiger partial charge in [0.15, 0.2) is 0 Å². The van der Waals surface area contributed by atoms with Crippen molar-refractivity contribution < 1.29 is 9.90 Å². The van der Waals surface area contributed by atoms with Crippen LogP contribution in [-0.2, 0) is 6.54 Å². The van der Waals surface area contributed by atoms with Gasteiger partial charge >= 0.3 is 0 Å². The maximum Gasteiger partial charge on any atom is 0.251 e. The summed E-state index contributed by atoms with van der Waals surface area (Å²) in [6.45, 7) is 11.2. The fraction of sp³-hybridized carbons (Fsp3) is 0.567. The lowest BCUT2D eigenvalue weighted by molar-refractivity contribution is 0.0930. The minimum absolute atomic E-state index is 0.0357. The first-order valence-electron chi connectivity index (χ1n) is 13.2. The zero-order valence-corrected chi connectivity index (χ0v) is 21.4. The Labute approximate surface area is 205 Å². The Hall–Kier alpha value is -2.17. The van der Waals surface area contributed by atoms with Gasteiger partial charge in [-0.2, -0.15) is 0 Å². The number of hydrogen-bond donors (Lipinski definition) is 2. The van der Waals surface area contributed by atoms with Gasteiger partial charge in [0.1, 0.15) is 0 Å². The van der Waals surface area contributed by atoms with Crippen molar-refractivity contribution in [1.82, 2.24) is 10.2 Å². The topological polar surface area (TPSA) is 52.6 Å². The van der Waals surface area contributed by atoms with Crippen LogP contribution in [0.1, 0.15) is 97.6 Å². The zero-order chi connectivity index (χ0) is 24.2. The molecule has 1 heterocycles. The van der Waals surface area contributed by atoms with E-state index in [0.717, 1.165) is 30.5 Å². The molecule has 1 aliphatic heterocycles. The molecule has 4 heteroatoms. The molecule has 4 rings (SSSR count). The molecule has 2 atom stereocenters. The smallest absolute Gasteiger partial charge is 0.251 e. The van der Waals surface area contributed by atoms with Gasteiger partial charge in [-0.3, -0.25) is 9.69 Å². The fourth-order valence-electron chi connectivity index (χ4n) is 5.98. The zero-order valence-electron chi connectivity index (χ0n) is 21.4. The summed E-state index contributed by atoms with van der Waals surface area (Å²) in [6, 6.07) is 14.7. The van der Waals surface area contributed by atoms with Crippen molar-refractivity contribution >= 4 is 5.91 Å². The van der Waals surface area contributed by atoms with Gasteiger partial charge in [-0.15, -0.1) is 0 Å². The largest absolute Gasteiger partial charge is 0.396 e. The Morgan fingerprint density at radius 1 is 1.09 bits per heavy atom. The number of amides is 1. The van der Waals surface area contributed by atoms with Gasteiger partial charge in [-0.05, 0) is 72.8 Å². The van der Waals surface area contributed by atoms with Crippen molar-refractivity contribution in [3.05, 3.63) is 70.3 Å². The van der Waals surface area contributed by atoms with Crippen molar-refractivity contribution in [3.63, 3.8) is 0 Å². The molecule has 2 N–H and O–H groups in total. The molecular weight excluding hydrogens is 420 g/mol. The van der Waals surface area contributed by atoms with Crippen LogP contribution < -0.4 is 5.32 Å². The van der Waals surface area contributed by atoms with E-state index in [-0.39, 0.29) is 18.6 Å². The Bertz CT molecular complexity index is 960.